The number of nitrogens with zero attached hydrogens (tertiary/aromatic N) is 2. The molecule has 1 aromatic rings. The van der Waals surface area contributed by atoms with Crippen LogP contribution in [0.25, 0.3) is 0 Å². The van der Waals surface area contributed by atoms with Gasteiger partial charge in [-0.2, -0.15) is 0 Å². The standard InChI is InChI=1S/C7H9N3O/c1-2-6-9-3-5(4-10-6)7(8)11/h3-4H,2H2,1H3,(H2,8,11). The minimum Gasteiger partial charge on any atom is -0.366 e. The predicted molar refractivity (Wildman–Crippen MR) is 39.9 cm³/mol. The first kappa shape index (κ1) is 7.65. The highest BCUT2D eigenvalue weighted by molar-refractivity contribution is 5.91. The Labute approximate surface area is 64.5 Å². The smallest absolute Gasteiger partial charge is 0.251 e. The van der Waals surface area contributed by atoms with Crippen LogP contribution in [0.3, 0.4) is 0 Å². The summed E-state index contributed by atoms with van der Waals surface area (Å²) in [6.45, 7) is 1.94. The minimum atomic E-state index is -0.493. The number of primary amides is 1. The lowest BCUT2D eigenvalue weighted by Gasteiger charge is -1.95. The predicted octanol–water partition coefficient (Wildman–Crippen LogP) is 0.138. The molecule has 0 aliphatic heterocycles. The molecule has 1 amide bonds. The van der Waals surface area contributed by atoms with Gasteiger partial charge >= 0.3 is 0 Å². The molecule has 0 atom stereocenters. The number of aryl methyl sites for hydroxylation is 1. The highest BCUT2D eigenvalue weighted by atomic mass is 16.1. The number of hydrogen-bond acceptors (Lipinski definition) is 3. The molecule has 0 fully saturated rings. The molecule has 0 radical (unpaired) electrons. The largest absolute Gasteiger partial charge is 0.366 e. The van der Waals surface area contributed by atoms with Gasteiger partial charge in [0.15, 0.2) is 0 Å². The fourth-order valence-corrected chi connectivity index (χ4v) is 0.665. The Morgan fingerprint density at radius 1 is 1.55 bits per heavy atom. The summed E-state index contributed by atoms with van der Waals surface area (Å²) in [6, 6.07) is 0. The highest BCUT2D eigenvalue weighted by Crippen LogP contribution is 1.94. The topological polar surface area (TPSA) is 68.9 Å². The number of carbonyl (C=O) groups is 1. The van der Waals surface area contributed by atoms with Crippen LogP contribution in [0.5, 0.6) is 0 Å². The van der Waals surface area contributed by atoms with Crippen molar-refractivity contribution in [1.82, 2.24) is 9.97 Å². The van der Waals surface area contributed by atoms with Crippen molar-refractivity contribution in [3.8, 4) is 0 Å². The number of hydrogen-bond donors (Lipinski definition) is 1. The fourth-order valence-electron chi connectivity index (χ4n) is 0.665. The van der Waals surface area contributed by atoms with Crippen molar-refractivity contribution in [2.24, 2.45) is 5.73 Å². The Bertz CT molecular complexity index is 255. The number of carbonyl (C=O) groups excluding carboxylic acids is 1. The van der Waals surface area contributed by atoms with E-state index in [9.17, 15) is 4.79 Å². The molecule has 4 heteroatoms. The van der Waals surface area contributed by atoms with E-state index >= 15 is 0 Å². The van der Waals surface area contributed by atoms with Crippen LogP contribution in [0.15, 0.2) is 12.4 Å². The van der Waals surface area contributed by atoms with Crippen LogP contribution in [0.4, 0.5) is 0 Å². The van der Waals surface area contributed by atoms with Crippen molar-refractivity contribution in [2.45, 2.75) is 13.3 Å². The molecule has 0 aromatic carbocycles. The van der Waals surface area contributed by atoms with Gasteiger partial charge in [-0.15, -0.1) is 0 Å². The van der Waals surface area contributed by atoms with E-state index in [1.807, 2.05) is 6.92 Å². The van der Waals surface area contributed by atoms with Gasteiger partial charge in [0.1, 0.15) is 5.82 Å². The molecule has 0 aliphatic carbocycles. The Morgan fingerprint density at radius 2 is 2.09 bits per heavy atom. The molecule has 1 heterocycles. The zero-order valence-electron chi connectivity index (χ0n) is 6.24. The Hall–Kier alpha value is -1.45. The van der Waals surface area contributed by atoms with Gasteiger partial charge in [-0.05, 0) is 0 Å². The zero-order valence-corrected chi connectivity index (χ0v) is 6.24. The lowest BCUT2D eigenvalue weighted by Crippen LogP contribution is -2.12. The van der Waals surface area contributed by atoms with Crippen molar-refractivity contribution in [1.29, 1.82) is 0 Å². The molecule has 0 bridgehead atoms. The molecule has 1 rings (SSSR count). The third kappa shape index (κ3) is 1.73. The number of amides is 1. The van der Waals surface area contributed by atoms with Crippen molar-refractivity contribution in [2.75, 3.05) is 0 Å². The first-order valence-corrected chi connectivity index (χ1v) is 3.34. The van der Waals surface area contributed by atoms with Crippen LogP contribution in [0, 0.1) is 0 Å². The Kier molecular flexibility index (Phi) is 2.15. The third-order valence-electron chi connectivity index (χ3n) is 1.31. The first-order chi connectivity index (χ1) is 5.24. The van der Waals surface area contributed by atoms with E-state index in [-0.39, 0.29) is 0 Å². The van der Waals surface area contributed by atoms with E-state index in [2.05, 4.69) is 9.97 Å². The normalized spacial score (nSPS) is 9.55. The van der Waals surface area contributed by atoms with Gasteiger partial charge in [0, 0.05) is 18.8 Å². The van der Waals surface area contributed by atoms with Crippen molar-refractivity contribution in [3.63, 3.8) is 0 Å². The summed E-state index contributed by atoms with van der Waals surface area (Å²) in [5.41, 5.74) is 5.34. The van der Waals surface area contributed by atoms with E-state index < -0.39 is 5.91 Å². The summed E-state index contributed by atoms with van der Waals surface area (Å²) < 4.78 is 0. The molecule has 0 saturated heterocycles. The molecule has 1 aromatic heterocycles. The van der Waals surface area contributed by atoms with E-state index in [1.54, 1.807) is 0 Å². The van der Waals surface area contributed by atoms with Crippen LogP contribution >= 0.6 is 0 Å². The molecule has 58 valence electrons. The van der Waals surface area contributed by atoms with Gasteiger partial charge in [-0.3, -0.25) is 4.79 Å². The Morgan fingerprint density at radius 3 is 2.45 bits per heavy atom. The average Bonchev–Trinajstić information content (AvgIpc) is 2.05. The highest BCUT2D eigenvalue weighted by Gasteiger charge is 1.99. The lowest BCUT2D eigenvalue weighted by molar-refractivity contribution is 0.0999. The van der Waals surface area contributed by atoms with Crippen LogP contribution in [-0.4, -0.2) is 15.9 Å². The number of aromatic nitrogens is 2. The molecule has 0 saturated carbocycles. The third-order valence-corrected chi connectivity index (χ3v) is 1.31. The van der Waals surface area contributed by atoms with Gasteiger partial charge in [0.25, 0.3) is 5.91 Å². The minimum absolute atomic E-state index is 0.349. The molecule has 2 N–H and O–H groups in total. The van der Waals surface area contributed by atoms with Crippen LogP contribution < -0.4 is 5.73 Å². The van der Waals surface area contributed by atoms with Crippen molar-refractivity contribution < 1.29 is 4.79 Å². The first-order valence-electron chi connectivity index (χ1n) is 3.34. The fraction of sp³-hybridized carbons (Fsp3) is 0.286. The maximum Gasteiger partial charge on any atom is 0.251 e. The number of rotatable bonds is 2. The van der Waals surface area contributed by atoms with E-state index in [1.165, 1.54) is 12.4 Å². The molecule has 0 spiro atoms. The summed E-state index contributed by atoms with van der Waals surface area (Å²) in [5, 5.41) is 0. The van der Waals surface area contributed by atoms with Gasteiger partial charge in [0.05, 0.1) is 5.56 Å². The van der Waals surface area contributed by atoms with Crippen molar-refractivity contribution >= 4 is 5.91 Å². The molecule has 11 heavy (non-hydrogen) atoms. The van der Waals surface area contributed by atoms with Gasteiger partial charge in [-0.25, -0.2) is 9.97 Å². The van der Waals surface area contributed by atoms with Gasteiger partial charge in [0.2, 0.25) is 0 Å². The van der Waals surface area contributed by atoms with Crippen LogP contribution in [0.1, 0.15) is 23.1 Å². The van der Waals surface area contributed by atoms with E-state index in [0.29, 0.717) is 5.56 Å². The SMILES string of the molecule is CCc1ncc(C(N)=O)cn1. The average molecular weight is 151 g/mol. The van der Waals surface area contributed by atoms with Crippen LogP contribution in [-0.2, 0) is 6.42 Å². The summed E-state index contributed by atoms with van der Waals surface area (Å²) in [4.78, 5) is 18.4. The lowest BCUT2D eigenvalue weighted by atomic mass is 10.3. The van der Waals surface area contributed by atoms with Gasteiger partial charge < -0.3 is 5.73 Å². The maximum atomic E-state index is 10.5. The molecular formula is C7H9N3O. The molecule has 0 aliphatic rings. The second kappa shape index (κ2) is 3.09. The molecular weight excluding hydrogens is 142 g/mol. The quantitative estimate of drug-likeness (QED) is 0.653. The summed E-state index contributed by atoms with van der Waals surface area (Å²) in [7, 11) is 0. The molecule has 0 unspecified atom stereocenters. The second-order valence-electron chi connectivity index (χ2n) is 2.11. The summed E-state index contributed by atoms with van der Waals surface area (Å²) >= 11 is 0. The summed E-state index contributed by atoms with van der Waals surface area (Å²) in [6.07, 6.45) is 3.64. The number of nitrogens with two attached hydrogens (primary N) is 1. The van der Waals surface area contributed by atoms with Gasteiger partial charge in [-0.1, -0.05) is 6.92 Å². The van der Waals surface area contributed by atoms with Crippen molar-refractivity contribution in [3.05, 3.63) is 23.8 Å². The van der Waals surface area contributed by atoms with E-state index in [0.717, 1.165) is 12.2 Å². The maximum absolute atomic E-state index is 10.5. The molecule has 4 nitrogen and oxygen atoms in total. The second-order valence-corrected chi connectivity index (χ2v) is 2.11. The summed E-state index contributed by atoms with van der Waals surface area (Å²) in [5.74, 6) is 0.225. The van der Waals surface area contributed by atoms with Crippen LogP contribution in [0.2, 0.25) is 0 Å². The Balaban J connectivity index is 2.91. The monoisotopic (exact) mass is 151 g/mol. The zero-order chi connectivity index (χ0) is 8.27. The van der Waals surface area contributed by atoms with E-state index in [4.69, 9.17) is 5.73 Å².